The first-order chi connectivity index (χ1) is 12.0. The standard InChI is InChI=1S/C14H12N4O5S2/c1-23-12(20)8-24-14-17-16-13(25-14)15-11(19)7-4-9-2-5-10(6-3-9)18(21)22/h2-7H,8H2,1H3,(H,15,16,19)/b7-4+. The number of nitro groups is 1. The number of aromatic nitrogens is 2. The minimum atomic E-state index is -0.495. The van der Waals surface area contributed by atoms with Crippen LogP contribution < -0.4 is 5.32 Å². The highest BCUT2D eigenvalue weighted by molar-refractivity contribution is 8.01. The number of amides is 1. The summed E-state index contributed by atoms with van der Waals surface area (Å²) >= 11 is 2.29. The number of esters is 1. The molecule has 130 valence electrons. The maximum Gasteiger partial charge on any atom is 0.316 e. The Balaban J connectivity index is 1.88. The van der Waals surface area contributed by atoms with Gasteiger partial charge in [0.1, 0.15) is 0 Å². The summed E-state index contributed by atoms with van der Waals surface area (Å²) in [6.07, 6.45) is 2.80. The van der Waals surface area contributed by atoms with Crippen molar-refractivity contribution in [2.45, 2.75) is 4.34 Å². The number of nitro benzene ring substituents is 1. The zero-order valence-corrected chi connectivity index (χ0v) is 14.5. The normalized spacial score (nSPS) is 10.6. The van der Waals surface area contributed by atoms with Crippen molar-refractivity contribution in [1.82, 2.24) is 10.2 Å². The first-order valence-electron chi connectivity index (χ1n) is 6.74. The summed E-state index contributed by atoms with van der Waals surface area (Å²) in [7, 11) is 1.30. The smallest absolute Gasteiger partial charge is 0.316 e. The molecule has 25 heavy (non-hydrogen) atoms. The number of ether oxygens (including phenoxy) is 1. The highest BCUT2D eigenvalue weighted by Gasteiger charge is 2.09. The molecule has 0 radical (unpaired) electrons. The number of anilines is 1. The number of nitrogens with one attached hydrogen (secondary N) is 1. The fraction of sp³-hybridized carbons (Fsp3) is 0.143. The number of nitrogens with zero attached hydrogens (tertiary/aromatic N) is 3. The molecule has 0 bridgehead atoms. The number of carbonyl (C=O) groups is 2. The van der Waals surface area contributed by atoms with Crippen molar-refractivity contribution in [2.75, 3.05) is 18.2 Å². The summed E-state index contributed by atoms with van der Waals surface area (Å²) in [6, 6.07) is 5.78. The molecule has 0 spiro atoms. The third-order valence-corrected chi connectivity index (χ3v) is 4.65. The summed E-state index contributed by atoms with van der Waals surface area (Å²) in [6.45, 7) is 0. The molecule has 1 aromatic heterocycles. The Labute approximate surface area is 150 Å². The molecule has 0 atom stereocenters. The van der Waals surface area contributed by atoms with Crippen LogP contribution in [0.2, 0.25) is 0 Å². The fourth-order valence-electron chi connectivity index (χ4n) is 1.52. The summed E-state index contributed by atoms with van der Waals surface area (Å²) in [5.74, 6) is -0.685. The van der Waals surface area contributed by atoms with E-state index in [1.165, 1.54) is 43.5 Å². The molecule has 0 saturated heterocycles. The first-order valence-corrected chi connectivity index (χ1v) is 8.55. The van der Waals surface area contributed by atoms with Gasteiger partial charge in [-0.3, -0.25) is 25.0 Å². The van der Waals surface area contributed by atoms with Crippen LogP contribution in [0.5, 0.6) is 0 Å². The molecule has 1 heterocycles. The van der Waals surface area contributed by atoms with Crippen molar-refractivity contribution < 1.29 is 19.2 Å². The van der Waals surface area contributed by atoms with Gasteiger partial charge in [0, 0.05) is 18.2 Å². The van der Waals surface area contributed by atoms with Crippen LogP contribution >= 0.6 is 23.1 Å². The Morgan fingerprint density at radius 1 is 1.36 bits per heavy atom. The van der Waals surface area contributed by atoms with Crippen LogP contribution in [0.4, 0.5) is 10.8 Å². The van der Waals surface area contributed by atoms with E-state index in [0.717, 1.165) is 23.1 Å². The lowest BCUT2D eigenvalue weighted by atomic mass is 10.2. The highest BCUT2D eigenvalue weighted by atomic mass is 32.2. The van der Waals surface area contributed by atoms with E-state index in [9.17, 15) is 19.7 Å². The van der Waals surface area contributed by atoms with E-state index in [4.69, 9.17) is 0 Å². The van der Waals surface area contributed by atoms with E-state index in [2.05, 4.69) is 20.3 Å². The molecular formula is C14H12N4O5S2. The van der Waals surface area contributed by atoms with Gasteiger partial charge in [-0.2, -0.15) is 0 Å². The molecule has 0 saturated carbocycles. The van der Waals surface area contributed by atoms with Gasteiger partial charge in [0.25, 0.3) is 5.69 Å². The number of non-ortho nitro benzene ring substituents is 1. The summed E-state index contributed by atoms with van der Waals surface area (Å²) < 4.78 is 5.05. The van der Waals surface area contributed by atoms with Gasteiger partial charge in [-0.05, 0) is 23.8 Å². The number of benzene rings is 1. The average molecular weight is 380 g/mol. The van der Waals surface area contributed by atoms with E-state index < -0.39 is 10.8 Å². The average Bonchev–Trinajstić information content (AvgIpc) is 3.05. The van der Waals surface area contributed by atoms with E-state index >= 15 is 0 Å². The second-order valence-corrected chi connectivity index (χ2v) is 6.61. The maximum atomic E-state index is 11.8. The molecule has 0 aliphatic rings. The van der Waals surface area contributed by atoms with E-state index in [1.807, 2.05) is 0 Å². The minimum Gasteiger partial charge on any atom is -0.468 e. The maximum absolute atomic E-state index is 11.8. The van der Waals surface area contributed by atoms with Crippen molar-refractivity contribution in [3.8, 4) is 0 Å². The number of hydrogen-bond acceptors (Lipinski definition) is 9. The lowest BCUT2D eigenvalue weighted by Crippen LogP contribution is -2.07. The molecule has 2 rings (SSSR count). The van der Waals surface area contributed by atoms with Crippen molar-refractivity contribution in [1.29, 1.82) is 0 Å². The van der Waals surface area contributed by atoms with Crippen LogP contribution in [-0.2, 0) is 14.3 Å². The Hall–Kier alpha value is -2.79. The van der Waals surface area contributed by atoms with Crippen LogP contribution in [0, 0.1) is 10.1 Å². The van der Waals surface area contributed by atoms with Crippen molar-refractivity contribution in [3.63, 3.8) is 0 Å². The number of thioether (sulfide) groups is 1. The Morgan fingerprint density at radius 2 is 2.08 bits per heavy atom. The number of rotatable bonds is 7. The van der Waals surface area contributed by atoms with Gasteiger partial charge in [-0.15, -0.1) is 10.2 Å². The third-order valence-electron chi connectivity index (χ3n) is 2.71. The predicted octanol–water partition coefficient (Wildman–Crippen LogP) is 2.36. The summed E-state index contributed by atoms with van der Waals surface area (Å²) in [5, 5.41) is 21.1. The highest BCUT2D eigenvalue weighted by Crippen LogP contribution is 2.25. The van der Waals surface area contributed by atoms with Crippen LogP contribution in [-0.4, -0.2) is 39.9 Å². The molecule has 0 unspecified atom stereocenters. The lowest BCUT2D eigenvalue weighted by Gasteiger charge is -1.96. The van der Waals surface area contributed by atoms with Crippen LogP contribution in [0.1, 0.15) is 5.56 Å². The molecule has 1 amide bonds. The largest absolute Gasteiger partial charge is 0.468 e. The van der Waals surface area contributed by atoms with Crippen LogP contribution in [0.3, 0.4) is 0 Å². The molecule has 0 fully saturated rings. The van der Waals surface area contributed by atoms with Gasteiger partial charge in [0.15, 0.2) is 4.34 Å². The minimum absolute atomic E-state index is 0.0209. The molecule has 1 aromatic carbocycles. The van der Waals surface area contributed by atoms with Gasteiger partial charge >= 0.3 is 5.97 Å². The molecule has 0 aliphatic carbocycles. The molecule has 2 aromatic rings. The van der Waals surface area contributed by atoms with Crippen molar-refractivity contribution in [2.24, 2.45) is 0 Å². The van der Waals surface area contributed by atoms with Gasteiger partial charge in [-0.25, -0.2) is 0 Å². The molecule has 0 aliphatic heterocycles. The zero-order chi connectivity index (χ0) is 18.2. The molecule has 9 nitrogen and oxygen atoms in total. The quantitative estimate of drug-likeness (QED) is 0.194. The fourth-order valence-corrected chi connectivity index (χ4v) is 3.11. The van der Waals surface area contributed by atoms with Gasteiger partial charge < -0.3 is 4.74 Å². The summed E-state index contributed by atoms with van der Waals surface area (Å²) in [4.78, 5) is 33.0. The Morgan fingerprint density at radius 3 is 2.72 bits per heavy atom. The van der Waals surface area contributed by atoms with Crippen LogP contribution in [0.15, 0.2) is 34.7 Å². The Bertz CT molecular complexity index is 804. The lowest BCUT2D eigenvalue weighted by molar-refractivity contribution is -0.384. The second kappa shape index (κ2) is 8.89. The monoisotopic (exact) mass is 380 g/mol. The molecule has 11 heteroatoms. The van der Waals surface area contributed by atoms with E-state index in [1.54, 1.807) is 0 Å². The van der Waals surface area contributed by atoms with Crippen molar-refractivity contribution in [3.05, 3.63) is 46.0 Å². The number of carbonyl (C=O) groups excluding carboxylic acids is 2. The zero-order valence-electron chi connectivity index (χ0n) is 12.9. The SMILES string of the molecule is COC(=O)CSc1nnc(NC(=O)/C=C/c2ccc([N+](=O)[O-])cc2)s1. The predicted molar refractivity (Wildman–Crippen MR) is 93.4 cm³/mol. The number of methoxy groups -OCH3 is 1. The van der Waals surface area contributed by atoms with Gasteiger partial charge in [0.05, 0.1) is 17.8 Å². The topological polar surface area (TPSA) is 124 Å². The van der Waals surface area contributed by atoms with Gasteiger partial charge in [-0.1, -0.05) is 23.1 Å². The van der Waals surface area contributed by atoms with Crippen LogP contribution in [0.25, 0.3) is 6.08 Å². The molecular weight excluding hydrogens is 368 g/mol. The van der Waals surface area contributed by atoms with Gasteiger partial charge in [0.2, 0.25) is 11.0 Å². The first kappa shape index (κ1) is 18.5. The second-order valence-electron chi connectivity index (χ2n) is 4.41. The van der Waals surface area contributed by atoms with E-state index in [0.29, 0.717) is 15.0 Å². The number of hydrogen-bond donors (Lipinski definition) is 1. The molecule has 1 N–H and O–H groups in total. The Kier molecular flexibility index (Phi) is 6.60. The third kappa shape index (κ3) is 5.97. The van der Waals surface area contributed by atoms with Crippen molar-refractivity contribution >= 4 is 51.9 Å². The summed E-state index contributed by atoms with van der Waals surface area (Å²) in [5.41, 5.74) is 0.625. The van der Waals surface area contributed by atoms with E-state index in [-0.39, 0.29) is 17.4 Å².